The van der Waals surface area contributed by atoms with Crippen LogP contribution >= 0.6 is 0 Å². The maximum absolute atomic E-state index is 13.4. The quantitative estimate of drug-likeness (QED) is 0.186. The second kappa shape index (κ2) is 10.3. The summed E-state index contributed by atoms with van der Waals surface area (Å²) in [6, 6.07) is 12.2. The van der Waals surface area contributed by atoms with Crippen LogP contribution in [-0.4, -0.2) is 41.1 Å². The van der Waals surface area contributed by atoms with E-state index in [9.17, 15) is 23.2 Å². The third-order valence-electron chi connectivity index (χ3n) is 4.51. The zero-order valence-corrected chi connectivity index (χ0v) is 17.9. The molecule has 2 aromatic carbocycles. The van der Waals surface area contributed by atoms with Gasteiger partial charge in [-0.25, -0.2) is 27.7 Å². The predicted molar refractivity (Wildman–Crippen MR) is 118 cm³/mol. The van der Waals surface area contributed by atoms with Gasteiger partial charge in [-0.1, -0.05) is 36.4 Å². The van der Waals surface area contributed by atoms with Crippen LogP contribution < -0.4 is 17.1 Å². The normalized spacial score (nSPS) is 10.4. The highest BCUT2D eigenvalue weighted by molar-refractivity contribution is 5.91. The fraction of sp³-hybridized carbons (Fsp3) is 0.143. The first-order valence-corrected chi connectivity index (χ1v) is 9.82. The monoisotopic (exact) mass is 470 g/mol. The first-order chi connectivity index (χ1) is 16.2. The molecule has 0 aliphatic heterocycles. The van der Waals surface area contributed by atoms with E-state index in [2.05, 4.69) is 20.2 Å². The van der Waals surface area contributed by atoms with Crippen LogP contribution in [0, 0.1) is 17.0 Å². The van der Waals surface area contributed by atoms with Crippen molar-refractivity contribution >= 4 is 11.6 Å². The third-order valence-corrected chi connectivity index (χ3v) is 4.51. The predicted octanol–water partition coefficient (Wildman–Crippen LogP) is 1.00. The number of aromatic amines is 2. The SMILES string of the molecule is CC(=O)c1nn(Cc2ccccc2F)c(=O)[nH]1.N=C(N)c1nn(Cc2ccccc2F)c(=O)[nH]1. The van der Waals surface area contributed by atoms with Gasteiger partial charge in [0.05, 0.1) is 13.1 Å². The topological polar surface area (TPSA) is 168 Å². The van der Waals surface area contributed by atoms with Gasteiger partial charge in [-0.3, -0.25) is 20.2 Å². The first kappa shape index (κ1) is 24.0. The molecule has 0 saturated carbocycles. The number of nitrogens with zero attached hydrogens (tertiary/aromatic N) is 4. The number of carbonyl (C=O) groups excluding carboxylic acids is 1. The molecule has 0 bridgehead atoms. The Morgan fingerprint density at radius 2 is 1.29 bits per heavy atom. The number of hydrogen-bond acceptors (Lipinski definition) is 6. The summed E-state index contributed by atoms with van der Waals surface area (Å²) in [5.74, 6) is -1.54. The van der Waals surface area contributed by atoms with Crippen molar-refractivity contribution in [2.45, 2.75) is 20.0 Å². The Labute approximate surface area is 190 Å². The molecule has 0 aliphatic carbocycles. The zero-order valence-electron chi connectivity index (χ0n) is 17.9. The number of hydrogen-bond donors (Lipinski definition) is 4. The lowest BCUT2D eigenvalue weighted by atomic mass is 10.2. The van der Waals surface area contributed by atoms with Crippen molar-refractivity contribution < 1.29 is 13.6 Å². The van der Waals surface area contributed by atoms with Gasteiger partial charge in [-0.2, -0.15) is 0 Å². The number of nitrogen functional groups attached to an aromatic ring is 1. The van der Waals surface area contributed by atoms with Crippen LogP contribution in [0.4, 0.5) is 8.78 Å². The second-order valence-electron chi connectivity index (χ2n) is 7.03. The molecule has 0 unspecified atom stereocenters. The van der Waals surface area contributed by atoms with Crippen LogP contribution in [0.2, 0.25) is 0 Å². The van der Waals surface area contributed by atoms with Gasteiger partial charge in [0.1, 0.15) is 11.6 Å². The number of carbonyl (C=O) groups is 1. The van der Waals surface area contributed by atoms with Gasteiger partial charge in [-0.05, 0) is 12.1 Å². The molecule has 5 N–H and O–H groups in total. The summed E-state index contributed by atoms with van der Waals surface area (Å²) in [5, 5.41) is 14.7. The van der Waals surface area contributed by atoms with Gasteiger partial charge in [0.2, 0.25) is 0 Å². The number of aromatic nitrogens is 6. The average Bonchev–Trinajstić information content (AvgIpc) is 3.35. The minimum absolute atomic E-state index is 0.00468. The highest BCUT2D eigenvalue weighted by atomic mass is 19.1. The van der Waals surface area contributed by atoms with E-state index in [0.29, 0.717) is 11.1 Å². The summed E-state index contributed by atoms with van der Waals surface area (Å²) in [5.41, 5.74) is 4.81. The van der Waals surface area contributed by atoms with Crippen LogP contribution in [0.25, 0.3) is 0 Å². The maximum Gasteiger partial charge on any atom is 0.343 e. The lowest BCUT2D eigenvalue weighted by Crippen LogP contribution is -2.19. The van der Waals surface area contributed by atoms with Crippen molar-refractivity contribution in [2.75, 3.05) is 0 Å². The Hall–Kier alpha value is -4.68. The fourth-order valence-corrected chi connectivity index (χ4v) is 2.78. The van der Waals surface area contributed by atoms with E-state index >= 15 is 0 Å². The number of Topliss-reactive ketones (excluding diaryl/α,β-unsaturated/α-hetero) is 1. The molecule has 11 nitrogen and oxygen atoms in total. The molecule has 0 spiro atoms. The Morgan fingerprint density at radius 1 is 0.882 bits per heavy atom. The van der Waals surface area contributed by atoms with E-state index in [-0.39, 0.29) is 36.4 Å². The van der Waals surface area contributed by atoms with Crippen molar-refractivity contribution in [3.05, 3.63) is 104 Å². The van der Waals surface area contributed by atoms with Crippen molar-refractivity contribution in [3.63, 3.8) is 0 Å². The number of amidine groups is 1. The standard InChI is InChI=1S/C11H10FN3O2.C10H10FN5O/c1-7(16)10-13-11(17)15(14-10)6-8-4-2-3-5-9(8)12;11-7-4-2-1-3-6(7)5-16-10(17)14-9(15-16)8(12)13/h2-5H,6H2,1H3,(H,13,14,17);1-4H,5H2,(H3,12,13)(H,14,15,17). The van der Waals surface area contributed by atoms with Gasteiger partial charge < -0.3 is 5.73 Å². The number of nitrogens with two attached hydrogens (primary N) is 1. The number of nitrogens with one attached hydrogen (secondary N) is 3. The van der Waals surface area contributed by atoms with E-state index in [1.54, 1.807) is 36.4 Å². The number of ketones is 1. The summed E-state index contributed by atoms with van der Waals surface area (Å²) < 4.78 is 28.8. The summed E-state index contributed by atoms with van der Waals surface area (Å²) in [6.07, 6.45) is 0. The Morgan fingerprint density at radius 3 is 1.65 bits per heavy atom. The fourth-order valence-electron chi connectivity index (χ4n) is 2.78. The molecular weight excluding hydrogens is 450 g/mol. The van der Waals surface area contributed by atoms with Gasteiger partial charge in [-0.15, -0.1) is 10.2 Å². The number of H-pyrrole nitrogens is 2. The van der Waals surface area contributed by atoms with E-state index in [0.717, 1.165) is 9.36 Å². The van der Waals surface area contributed by atoms with Crippen molar-refractivity contribution in [3.8, 4) is 0 Å². The molecule has 2 aromatic heterocycles. The van der Waals surface area contributed by atoms with Gasteiger partial charge in [0.25, 0.3) is 0 Å². The Bertz CT molecular complexity index is 1340. The largest absolute Gasteiger partial charge is 0.381 e. The summed E-state index contributed by atoms with van der Waals surface area (Å²) in [4.78, 5) is 38.5. The minimum atomic E-state index is -0.529. The molecule has 13 heteroatoms. The summed E-state index contributed by atoms with van der Waals surface area (Å²) >= 11 is 0. The van der Waals surface area contributed by atoms with Crippen molar-refractivity contribution in [1.29, 1.82) is 5.41 Å². The highest BCUT2D eigenvalue weighted by Crippen LogP contribution is 2.07. The molecule has 4 aromatic rings. The molecule has 0 aliphatic rings. The van der Waals surface area contributed by atoms with Gasteiger partial charge in [0.15, 0.2) is 23.3 Å². The smallest absolute Gasteiger partial charge is 0.343 e. The molecule has 176 valence electrons. The molecule has 0 atom stereocenters. The number of benzene rings is 2. The molecule has 0 saturated heterocycles. The first-order valence-electron chi connectivity index (χ1n) is 9.82. The lowest BCUT2D eigenvalue weighted by molar-refractivity contribution is 0.100. The van der Waals surface area contributed by atoms with E-state index in [1.165, 1.54) is 19.1 Å². The Balaban J connectivity index is 0.000000191. The summed E-state index contributed by atoms with van der Waals surface area (Å²) in [7, 11) is 0. The molecule has 4 rings (SSSR count). The average molecular weight is 470 g/mol. The lowest BCUT2D eigenvalue weighted by Gasteiger charge is -2.01. The minimum Gasteiger partial charge on any atom is -0.381 e. The molecule has 0 amide bonds. The number of rotatable bonds is 6. The molecule has 34 heavy (non-hydrogen) atoms. The molecule has 0 fully saturated rings. The van der Waals surface area contributed by atoms with Gasteiger partial charge >= 0.3 is 11.4 Å². The van der Waals surface area contributed by atoms with Gasteiger partial charge in [0, 0.05) is 18.1 Å². The van der Waals surface area contributed by atoms with E-state index in [4.69, 9.17) is 11.1 Å². The van der Waals surface area contributed by atoms with Crippen LogP contribution in [0.3, 0.4) is 0 Å². The van der Waals surface area contributed by atoms with Crippen molar-refractivity contribution in [1.82, 2.24) is 29.5 Å². The summed E-state index contributed by atoms with van der Waals surface area (Å²) in [6.45, 7) is 1.29. The zero-order chi connectivity index (χ0) is 24.8. The Kier molecular flexibility index (Phi) is 7.26. The van der Waals surface area contributed by atoms with Crippen LogP contribution in [0.15, 0.2) is 58.1 Å². The van der Waals surface area contributed by atoms with E-state index in [1.807, 2.05) is 0 Å². The van der Waals surface area contributed by atoms with Crippen LogP contribution in [-0.2, 0) is 13.1 Å². The molecular formula is C21H20F2N8O3. The van der Waals surface area contributed by atoms with Crippen LogP contribution in [0.5, 0.6) is 0 Å². The second-order valence-corrected chi connectivity index (χ2v) is 7.03. The number of halogens is 2. The van der Waals surface area contributed by atoms with E-state index < -0.39 is 23.0 Å². The molecule has 2 heterocycles. The molecule has 0 radical (unpaired) electrons. The third kappa shape index (κ3) is 5.76. The highest BCUT2D eigenvalue weighted by Gasteiger charge is 2.11. The van der Waals surface area contributed by atoms with Crippen molar-refractivity contribution in [2.24, 2.45) is 5.73 Å². The van der Waals surface area contributed by atoms with Crippen LogP contribution in [0.1, 0.15) is 34.5 Å². The maximum atomic E-state index is 13.4.